The predicted molar refractivity (Wildman–Crippen MR) is 74.8 cm³/mol. The molecule has 1 aliphatic carbocycles. The molecule has 0 amide bonds. The Balaban J connectivity index is 1.68. The summed E-state index contributed by atoms with van der Waals surface area (Å²) in [5.41, 5.74) is 0. The van der Waals surface area contributed by atoms with E-state index in [1.165, 1.54) is 18.9 Å². The summed E-state index contributed by atoms with van der Waals surface area (Å²) in [5, 5.41) is 2.86. The number of sulfonamides is 1. The van der Waals surface area contributed by atoms with Gasteiger partial charge in [-0.05, 0) is 44.4 Å². The molecular weight excluding hydrogens is 280 g/mol. The van der Waals surface area contributed by atoms with Crippen molar-refractivity contribution < 1.29 is 17.6 Å². The maximum absolute atomic E-state index is 11.9. The molecule has 1 heterocycles. The van der Waals surface area contributed by atoms with E-state index in [2.05, 4.69) is 10.0 Å². The van der Waals surface area contributed by atoms with Gasteiger partial charge in [0.2, 0.25) is 5.09 Å². The van der Waals surface area contributed by atoms with E-state index in [4.69, 9.17) is 9.15 Å². The molecule has 1 saturated carbocycles. The fourth-order valence-corrected chi connectivity index (χ4v) is 2.78. The van der Waals surface area contributed by atoms with E-state index in [-0.39, 0.29) is 5.09 Å². The van der Waals surface area contributed by atoms with Crippen LogP contribution >= 0.6 is 0 Å². The first-order valence-electron chi connectivity index (χ1n) is 6.92. The van der Waals surface area contributed by atoms with Crippen LogP contribution < -0.4 is 10.0 Å². The number of hydrogen-bond acceptors (Lipinski definition) is 5. The van der Waals surface area contributed by atoms with Crippen molar-refractivity contribution in [1.82, 2.24) is 10.0 Å². The zero-order valence-electron chi connectivity index (χ0n) is 11.7. The van der Waals surface area contributed by atoms with E-state index in [0.29, 0.717) is 31.9 Å². The molecule has 0 aliphatic heterocycles. The summed E-state index contributed by atoms with van der Waals surface area (Å²) in [6, 6.07) is 3.13. The molecule has 0 aromatic carbocycles. The van der Waals surface area contributed by atoms with Crippen LogP contribution in [0.2, 0.25) is 0 Å². The molecule has 0 saturated heterocycles. The Morgan fingerprint density at radius 1 is 1.40 bits per heavy atom. The van der Waals surface area contributed by atoms with Crippen LogP contribution in [0.1, 0.15) is 25.0 Å². The van der Waals surface area contributed by atoms with Crippen molar-refractivity contribution in [3.63, 3.8) is 0 Å². The van der Waals surface area contributed by atoms with Gasteiger partial charge < -0.3 is 14.5 Å². The first-order chi connectivity index (χ1) is 9.62. The fourth-order valence-electron chi connectivity index (χ4n) is 1.76. The molecule has 0 bridgehead atoms. The number of hydrogen-bond donors (Lipinski definition) is 2. The van der Waals surface area contributed by atoms with Crippen molar-refractivity contribution >= 4 is 10.0 Å². The Bertz CT molecular complexity index is 508. The average Bonchev–Trinajstić information content (AvgIpc) is 3.11. The van der Waals surface area contributed by atoms with E-state index in [9.17, 15) is 8.42 Å². The molecule has 114 valence electrons. The lowest BCUT2D eigenvalue weighted by Crippen LogP contribution is -2.25. The summed E-state index contributed by atoms with van der Waals surface area (Å²) < 4.78 is 37.1. The molecular formula is C13H22N2O4S. The van der Waals surface area contributed by atoms with Gasteiger partial charge in [0.15, 0.2) is 0 Å². The lowest BCUT2D eigenvalue weighted by atomic mass is 10.4. The highest BCUT2D eigenvalue weighted by atomic mass is 32.2. The van der Waals surface area contributed by atoms with Crippen molar-refractivity contribution in [2.24, 2.45) is 5.92 Å². The third-order valence-electron chi connectivity index (χ3n) is 3.06. The molecule has 1 aliphatic rings. The summed E-state index contributed by atoms with van der Waals surface area (Å²) in [5.74, 6) is 1.33. The minimum absolute atomic E-state index is 0.0401. The van der Waals surface area contributed by atoms with E-state index < -0.39 is 10.0 Å². The maximum atomic E-state index is 11.9. The van der Waals surface area contributed by atoms with Crippen molar-refractivity contribution in [3.05, 3.63) is 17.9 Å². The average molecular weight is 302 g/mol. The molecule has 7 heteroatoms. The predicted octanol–water partition coefficient (Wildman–Crippen LogP) is 1.09. The second-order valence-corrected chi connectivity index (χ2v) is 6.72. The lowest BCUT2D eigenvalue weighted by Gasteiger charge is -2.05. The second-order valence-electron chi connectivity index (χ2n) is 5.02. The summed E-state index contributed by atoms with van der Waals surface area (Å²) in [7, 11) is -1.77. The summed E-state index contributed by atoms with van der Waals surface area (Å²) in [4.78, 5) is 0. The fraction of sp³-hybridized carbons (Fsp3) is 0.692. The largest absolute Gasteiger partial charge is 0.447 e. The van der Waals surface area contributed by atoms with Gasteiger partial charge in [0.05, 0.1) is 6.54 Å². The van der Waals surface area contributed by atoms with Crippen LogP contribution in [0.3, 0.4) is 0 Å². The van der Waals surface area contributed by atoms with Gasteiger partial charge in [-0.3, -0.25) is 0 Å². The maximum Gasteiger partial charge on any atom is 0.273 e. The summed E-state index contributed by atoms with van der Waals surface area (Å²) in [6.07, 6.45) is 3.19. The summed E-state index contributed by atoms with van der Waals surface area (Å²) in [6.45, 7) is 2.25. The molecule has 6 nitrogen and oxygen atoms in total. The van der Waals surface area contributed by atoms with Crippen LogP contribution in [0.15, 0.2) is 21.6 Å². The molecule has 1 aromatic heterocycles. The van der Waals surface area contributed by atoms with E-state index >= 15 is 0 Å². The number of ether oxygens (including phenoxy) is 1. The smallest absolute Gasteiger partial charge is 0.273 e. The first-order valence-corrected chi connectivity index (χ1v) is 8.41. The quantitative estimate of drug-likeness (QED) is 0.633. The molecule has 1 aromatic rings. The van der Waals surface area contributed by atoms with Crippen LogP contribution in [0, 0.1) is 5.92 Å². The number of furan rings is 1. The molecule has 2 N–H and O–H groups in total. The van der Waals surface area contributed by atoms with Crippen LogP contribution in [0.5, 0.6) is 0 Å². The van der Waals surface area contributed by atoms with Crippen molar-refractivity contribution in [3.8, 4) is 0 Å². The monoisotopic (exact) mass is 302 g/mol. The number of rotatable bonds is 10. The van der Waals surface area contributed by atoms with Gasteiger partial charge in [-0.2, -0.15) is 0 Å². The third kappa shape index (κ3) is 4.90. The normalized spacial score (nSPS) is 15.7. The SMILES string of the molecule is CNCc1ccc(S(=O)(=O)NCCCOCC2CC2)o1. The van der Waals surface area contributed by atoms with Gasteiger partial charge in [0.25, 0.3) is 10.0 Å². The molecule has 0 spiro atoms. The Kier molecular flexibility index (Phi) is 5.59. The zero-order chi connectivity index (χ0) is 14.4. The van der Waals surface area contributed by atoms with Crippen molar-refractivity contribution in [1.29, 1.82) is 0 Å². The van der Waals surface area contributed by atoms with Gasteiger partial charge in [0.1, 0.15) is 5.76 Å². The minimum atomic E-state index is -3.55. The molecule has 0 radical (unpaired) electrons. The van der Waals surface area contributed by atoms with Gasteiger partial charge in [-0.15, -0.1) is 0 Å². The Morgan fingerprint density at radius 3 is 2.90 bits per heavy atom. The molecule has 0 atom stereocenters. The highest BCUT2D eigenvalue weighted by Crippen LogP contribution is 2.28. The zero-order valence-corrected chi connectivity index (χ0v) is 12.5. The highest BCUT2D eigenvalue weighted by molar-refractivity contribution is 7.89. The molecule has 0 unspecified atom stereocenters. The van der Waals surface area contributed by atoms with Crippen molar-refractivity contribution in [2.75, 3.05) is 26.8 Å². The Hall–Kier alpha value is -0.890. The van der Waals surface area contributed by atoms with E-state index in [0.717, 1.165) is 12.5 Å². The van der Waals surface area contributed by atoms with Gasteiger partial charge in [0, 0.05) is 19.8 Å². The number of nitrogens with one attached hydrogen (secondary N) is 2. The van der Waals surface area contributed by atoms with Crippen LogP contribution in [0.25, 0.3) is 0 Å². The Labute approximate surface area is 119 Å². The highest BCUT2D eigenvalue weighted by Gasteiger charge is 2.21. The van der Waals surface area contributed by atoms with Crippen molar-refractivity contribution in [2.45, 2.75) is 30.9 Å². The lowest BCUT2D eigenvalue weighted by molar-refractivity contribution is 0.123. The Morgan fingerprint density at radius 2 is 2.20 bits per heavy atom. The van der Waals surface area contributed by atoms with E-state index in [1.54, 1.807) is 13.1 Å². The first kappa shape index (κ1) is 15.5. The third-order valence-corrected chi connectivity index (χ3v) is 4.39. The van der Waals surface area contributed by atoms with Gasteiger partial charge in [-0.1, -0.05) is 0 Å². The van der Waals surface area contributed by atoms with E-state index in [1.807, 2.05) is 0 Å². The standard InChI is InChI=1S/C13H22N2O4S/c1-14-9-12-5-6-13(19-12)20(16,17)15-7-2-8-18-10-11-3-4-11/h5-6,11,14-15H,2-4,7-10H2,1H3. The molecule has 20 heavy (non-hydrogen) atoms. The molecule has 1 fully saturated rings. The van der Waals surface area contributed by atoms with Crippen LogP contribution in [-0.4, -0.2) is 35.2 Å². The minimum Gasteiger partial charge on any atom is -0.447 e. The van der Waals surface area contributed by atoms with Gasteiger partial charge >= 0.3 is 0 Å². The molecule has 2 rings (SSSR count). The van der Waals surface area contributed by atoms with Crippen LogP contribution in [0.4, 0.5) is 0 Å². The second kappa shape index (κ2) is 7.21. The van der Waals surface area contributed by atoms with Crippen LogP contribution in [-0.2, 0) is 21.3 Å². The summed E-state index contributed by atoms with van der Waals surface area (Å²) >= 11 is 0. The topological polar surface area (TPSA) is 80.6 Å². The van der Waals surface area contributed by atoms with Gasteiger partial charge in [-0.25, -0.2) is 13.1 Å².